The lowest BCUT2D eigenvalue weighted by atomic mass is 10.2. The van der Waals surface area contributed by atoms with Crippen molar-refractivity contribution in [1.29, 1.82) is 0 Å². The summed E-state index contributed by atoms with van der Waals surface area (Å²) < 4.78 is 0. The second kappa shape index (κ2) is 3.13. The minimum Gasteiger partial charge on any atom is -0.506 e. The number of nitrogen functional groups attached to an aromatic ring is 1. The number of hydrogen-bond donors (Lipinski definition) is 3. The first-order valence-electron chi connectivity index (χ1n) is 3.45. The molecule has 4 heteroatoms. The van der Waals surface area contributed by atoms with E-state index in [4.69, 9.17) is 10.8 Å². The van der Waals surface area contributed by atoms with Gasteiger partial charge in [-0.05, 0) is 18.2 Å². The van der Waals surface area contributed by atoms with Crippen LogP contribution in [0.15, 0.2) is 18.2 Å². The van der Waals surface area contributed by atoms with Crippen molar-refractivity contribution >= 4 is 17.3 Å². The molecule has 0 aliphatic heterocycles. The molecule has 0 heterocycles. The Balaban J connectivity index is 2.89. The molecule has 4 N–H and O–H groups in total. The van der Waals surface area contributed by atoms with Gasteiger partial charge in [0.15, 0.2) is 0 Å². The number of hydrogen-bond acceptors (Lipinski definition) is 3. The Kier molecular flexibility index (Phi) is 2.19. The van der Waals surface area contributed by atoms with Gasteiger partial charge >= 0.3 is 0 Å². The van der Waals surface area contributed by atoms with Crippen LogP contribution in [0.4, 0.5) is 11.4 Å². The average Bonchev–Trinajstić information content (AvgIpc) is 1.96. The second-order valence-electron chi connectivity index (χ2n) is 2.45. The van der Waals surface area contributed by atoms with Gasteiger partial charge in [0.1, 0.15) is 5.75 Å². The number of benzene rings is 1. The Hall–Kier alpha value is -1.71. The van der Waals surface area contributed by atoms with E-state index in [-0.39, 0.29) is 17.3 Å². The molecule has 0 radical (unpaired) electrons. The van der Waals surface area contributed by atoms with Crippen LogP contribution in [0.1, 0.15) is 6.92 Å². The van der Waals surface area contributed by atoms with Crippen LogP contribution in [0.5, 0.6) is 5.75 Å². The van der Waals surface area contributed by atoms with Gasteiger partial charge in [-0.25, -0.2) is 0 Å². The van der Waals surface area contributed by atoms with Gasteiger partial charge in [0.05, 0.1) is 5.69 Å². The zero-order valence-corrected chi connectivity index (χ0v) is 6.66. The molecule has 0 saturated carbocycles. The monoisotopic (exact) mass is 166 g/mol. The summed E-state index contributed by atoms with van der Waals surface area (Å²) in [6.07, 6.45) is 0. The summed E-state index contributed by atoms with van der Waals surface area (Å²) in [5.41, 5.74) is 6.23. The molecule has 0 spiro atoms. The van der Waals surface area contributed by atoms with E-state index in [1.165, 1.54) is 19.1 Å². The van der Waals surface area contributed by atoms with E-state index < -0.39 is 0 Å². The number of rotatable bonds is 1. The quantitative estimate of drug-likeness (QED) is 0.330. The molecule has 0 bridgehead atoms. The van der Waals surface area contributed by atoms with Crippen LogP contribution in [-0.4, -0.2) is 11.0 Å². The third kappa shape index (κ3) is 1.88. The predicted octanol–water partition coefficient (Wildman–Crippen LogP) is 0.933. The Morgan fingerprint density at radius 2 is 2.25 bits per heavy atom. The lowest BCUT2D eigenvalue weighted by Crippen LogP contribution is -2.05. The van der Waals surface area contributed by atoms with Crippen LogP contribution in [0.25, 0.3) is 0 Å². The van der Waals surface area contributed by atoms with E-state index in [2.05, 4.69) is 5.32 Å². The predicted molar refractivity (Wildman–Crippen MR) is 46.8 cm³/mol. The summed E-state index contributed by atoms with van der Waals surface area (Å²) in [6.45, 7) is 1.41. The first kappa shape index (κ1) is 8.39. The molecule has 1 amide bonds. The van der Waals surface area contributed by atoms with Gasteiger partial charge in [0, 0.05) is 12.6 Å². The van der Waals surface area contributed by atoms with Crippen LogP contribution in [0.3, 0.4) is 0 Å². The highest BCUT2D eigenvalue weighted by Crippen LogP contribution is 2.22. The molecule has 0 fully saturated rings. The van der Waals surface area contributed by atoms with E-state index in [0.717, 1.165) is 0 Å². The minimum absolute atomic E-state index is 0.0177. The summed E-state index contributed by atoms with van der Waals surface area (Å²) in [6, 6.07) is 4.50. The van der Waals surface area contributed by atoms with Crippen molar-refractivity contribution in [2.24, 2.45) is 0 Å². The summed E-state index contributed by atoms with van der Waals surface area (Å²) in [7, 11) is 0. The number of anilines is 2. The van der Waals surface area contributed by atoms with E-state index in [9.17, 15) is 4.79 Å². The highest BCUT2D eigenvalue weighted by Gasteiger charge is 1.99. The zero-order chi connectivity index (χ0) is 9.14. The molecule has 1 rings (SSSR count). The lowest BCUT2D eigenvalue weighted by Gasteiger charge is -2.03. The van der Waals surface area contributed by atoms with Crippen LogP contribution in [0.2, 0.25) is 0 Å². The number of carbonyl (C=O) groups excluding carboxylic acids is 1. The van der Waals surface area contributed by atoms with Gasteiger partial charge in [-0.1, -0.05) is 0 Å². The molecule has 0 aliphatic rings. The fourth-order valence-electron chi connectivity index (χ4n) is 0.836. The number of nitrogens with one attached hydrogen (secondary N) is 1. The van der Waals surface area contributed by atoms with Gasteiger partial charge < -0.3 is 16.2 Å². The summed E-state index contributed by atoms with van der Waals surface area (Å²) in [5.74, 6) is -0.149. The Morgan fingerprint density at radius 3 is 2.75 bits per heavy atom. The Morgan fingerprint density at radius 1 is 1.58 bits per heavy atom. The van der Waals surface area contributed by atoms with Crippen molar-refractivity contribution in [1.82, 2.24) is 0 Å². The summed E-state index contributed by atoms with van der Waals surface area (Å²) in [5, 5.41) is 11.6. The Labute approximate surface area is 70.0 Å². The van der Waals surface area contributed by atoms with Crippen LogP contribution >= 0.6 is 0 Å². The molecule has 1 aromatic carbocycles. The van der Waals surface area contributed by atoms with Crippen LogP contribution < -0.4 is 11.1 Å². The number of nitrogens with two attached hydrogens (primary N) is 1. The van der Waals surface area contributed by atoms with Crippen LogP contribution in [0, 0.1) is 0 Å². The van der Waals surface area contributed by atoms with Crippen molar-refractivity contribution in [2.45, 2.75) is 6.92 Å². The molecule has 12 heavy (non-hydrogen) atoms. The first-order valence-corrected chi connectivity index (χ1v) is 3.45. The summed E-state index contributed by atoms with van der Waals surface area (Å²) >= 11 is 0. The van der Waals surface area contributed by atoms with E-state index in [1.807, 2.05) is 0 Å². The van der Waals surface area contributed by atoms with E-state index in [0.29, 0.717) is 5.69 Å². The molecular formula is C8H10N2O2. The number of phenolic OH excluding ortho intramolecular Hbond substituents is 1. The van der Waals surface area contributed by atoms with Crippen molar-refractivity contribution in [3.8, 4) is 5.75 Å². The molecule has 0 atom stereocenters. The molecular weight excluding hydrogens is 156 g/mol. The topological polar surface area (TPSA) is 75.3 Å². The fourth-order valence-corrected chi connectivity index (χ4v) is 0.836. The molecule has 0 aromatic heterocycles. The highest BCUT2D eigenvalue weighted by atomic mass is 16.3. The van der Waals surface area contributed by atoms with Crippen molar-refractivity contribution in [3.05, 3.63) is 18.2 Å². The largest absolute Gasteiger partial charge is 0.506 e. The lowest BCUT2D eigenvalue weighted by molar-refractivity contribution is -0.114. The van der Waals surface area contributed by atoms with Gasteiger partial charge in [-0.15, -0.1) is 0 Å². The maximum Gasteiger partial charge on any atom is 0.221 e. The molecule has 0 saturated heterocycles. The number of phenols is 1. The van der Waals surface area contributed by atoms with Gasteiger partial charge in [0.2, 0.25) is 5.91 Å². The Bertz CT molecular complexity index is 310. The molecule has 64 valence electrons. The number of amides is 1. The van der Waals surface area contributed by atoms with Crippen molar-refractivity contribution < 1.29 is 9.90 Å². The maximum absolute atomic E-state index is 10.6. The molecule has 1 aromatic rings. The third-order valence-electron chi connectivity index (χ3n) is 1.35. The smallest absolute Gasteiger partial charge is 0.221 e. The number of aromatic hydroxyl groups is 1. The SMILES string of the molecule is CC(=O)Nc1ccc(O)c(N)c1. The van der Waals surface area contributed by atoms with E-state index in [1.54, 1.807) is 6.07 Å². The van der Waals surface area contributed by atoms with Crippen LogP contribution in [-0.2, 0) is 4.79 Å². The molecule has 4 nitrogen and oxygen atoms in total. The normalized spacial score (nSPS) is 9.42. The van der Waals surface area contributed by atoms with Gasteiger partial charge in [0.25, 0.3) is 0 Å². The third-order valence-corrected chi connectivity index (χ3v) is 1.35. The molecule has 0 unspecified atom stereocenters. The fraction of sp³-hybridized carbons (Fsp3) is 0.125. The second-order valence-corrected chi connectivity index (χ2v) is 2.45. The average molecular weight is 166 g/mol. The summed E-state index contributed by atoms with van der Waals surface area (Å²) in [4.78, 5) is 10.6. The highest BCUT2D eigenvalue weighted by molar-refractivity contribution is 5.89. The standard InChI is InChI=1S/C8H10N2O2/c1-5(11)10-6-2-3-8(12)7(9)4-6/h2-4,12H,9H2,1H3,(H,10,11). The maximum atomic E-state index is 10.6. The van der Waals surface area contributed by atoms with Gasteiger partial charge in [-0.2, -0.15) is 0 Å². The molecule has 0 aliphatic carbocycles. The minimum atomic E-state index is -0.167. The number of carbonyl (C=O) groups is 1. The van der Waals surface area contributed by atoms with Crippen molar-refractivity contribution in [3.63, 3.8) is 0 Å². The van der Waals surface area contributed by atoms with E-state index >= 15 is 0 Å². The first-order chi connectivity index (χ1) is 5.59. The zero-order valence-electron chi connectivity index (χ0n) is 6.66. The van der Waals surface area contributed by atoms with Crippen molar-refractivity contribution in [2.75, 3.05) is 11.1 Å². The van der Waals surface area contributed by atoms with Gasteiger partial charge in [-0.3, -0.25) is 4.79 Å².